The van der Waals surface area contributed by atoms with E-state index in [0.29, 0.717) is 11.7 Å². The van der Waals surface area contributed by atoms with Gasteiger partial charge in [0.25, 0.3) is 0 Å². The Labute approximate surface area is 133 Å². The van der Waals surface area contributed by atoms with Gasteiger partial charge in [0.1, 0.15) is 10.8 Å². The minimum Gasteiger partial charge on any atom is -0.344 e. The average Bonchev–Trinajstić information content (AvgIpc) is 2.86. The Kier molecular flexibility index (Phi) is 4.49. The molecule has 3 nitrogen and oxygen atoms in total. The first kappa shape index (κ1) is 14.7. The number of hydrogen-bond acceptors (Lipinski definition) is 2. The van der Waals surface area contributed by atoms with Gasteiger partial charge in [-0.15, -0.1) is 0 Å². The number of amidine groups is 1. The Morgan fingerprint density at radius 2 is 1.73 bits per heavy atom. The summed E-state index contributed by atoms with van der Waals surface area (Å²) in [6, 6.07) is 19.7. The molecule has 1 atom stereocenters. The fraction of sp³-hybridized carbons (Fsp3) is 0.167. The van der Waals surface area contributed by atoms with Crippen LogP contribution in [0.25, 0.3) is 6.08 Å². The van der Waals surface area contributed by atoms with E-state index in [2.05, 4.69) is 16.8 Å². The zero-order valence-corrected chi connectivity index (χ0v) is 13.3. The number of likely N-dealkylation sites (N-methyl/N-ethyl adjacent to an activating group) is 1. The molecule has 0 amide bonds. The summed E-state index contributed by atoms with van der Waals surface area (Å²) in [6.07, 6.45) is 2.01. The van der Waals surface area contributed by atoms with Crippen molar-refractivity contribution < 1.29 is 4.21 Å². The van der Waals surface area contributed by atoms with Crippen molar-refractivity contribution in [1.29, 1.82) is 0 Å². The van der Waals surface area contributed by atoms with E-state index in [0.717, 1.165) is 22.7 Å². The van der Waals surface area contributed by atoms with Crippen LogP contribution in [-0.2, 0) is 10.8 Å². The fourth-order valence-corrected chi connectivity index (χ4v) is 3.72. The number of nitrogens with zero attached hydrogens (tertiary/aromatic N) is 2. The van der Waals surface area contributed by atoms with Gasteiger partial charge in [-0.2, -0.15) is 0 Å². The number of benzene rings is 2. The van der Waals surface area contributed by atoms with Crippen molar-refractivity contribution in [2.45, 2.75) is 6.92 Å². The first-order valence-corrected chi connectivity index (χ1v) is 8.49. The van der Waals surface area contributed by atoms with Gasteiger partial charge in [-0.3, -0.25) is 0 Å². The van der Waals surface area contributed by atoms with Gasteiger partial charge in [-0.25, -0.2) is 9.20 Å². The van der Waals surface area contributed by atoms with Crippen LogP contribution in [0.5, 0.6) is 0 Å². The molecule has 1 heterocycles. The van der Waals surface area contributed by atoms with E-state index in [1.165, 1.54) is 0 Å². The standard InChI is InChI=1S/C18H18N2OS/c1-2-20-14-17(13-15-9-5-3-6-10-15)22(21)18(20)19-16-11-7-4-8-12-16/h3-13H,2,14H2,1H3. The maximum atomic E-state index is 12.8. The SMILES string of the molecule is CCN1CC(=Cc2ccccc2)S(=O)C1=Nc1ccccc1. The Hall–Kier alpha value is -2.20. The minimum atomic E-state index is -1.19. The van der Waals surface area contributed by atoms with Crippen molar-refractivity contribution in [3.05, 3.63) is 71.1 Å². The lowest BCUT2D eigenvalue weighted by Crippen LogP contribution is -2.25. The molecule has 0 N–H and O–H groups in total. The lowest BCUT2D eigenvalue weighted by atomic mass is 10.2. The quantitative estimate of drug-likeness (QED) is 0.864. The molecule has 112 valence electrons. The molecule has 0 radical (unpaired) electrons. The third kappa shape index (κ3) is 3.17. The second-order valence-electron chi connectivity index (χ2n) is 5.03. The molecule has 2 aromatic rings. The molecule has 1 saturated heterocycles. The molecule has 0 spiro atoms. The molecule has 22 heavy (non-hydrogen) atoms. The highest BCUT2D eigenvalue weighted by molar-refractivity contribution is 8.04. The third-order valence-electron chi connectivity index (χ3n) is 3.51. The van der Waals surface area contributed by atoms with E-state index in [1.54, 1.807) is 0 Å². The van der Waals surface area contributed by atoms with Gasteiger partial charge in [0, 0.05) is 11.4 Å². The summed E-state index contributed by atoms with van der Waals surface area (Å²) < 4.78 is 12.8. The first-order chi connectivity index (χ1) is 10.8. The molecule has 2 aromatic carbocycles. The van der Waals surface area contributed by atoms with Gasteiger partial charge in [0.15, 0.2) is 5.17 Å². The van der Waals surface area contributed by atoms with Crippen molar-refractivity contribution in [2.24, 2.45) is 4.99 Å². The van der Waals surface area contributed by atoms with Gasteiger partial charge in [0.2, 0.25) is 0 Å². The lowest BCUT2D eigenvalue weighted by molar-refractivity contribution is 0.503. The second kappa shape index (κ2) is 6.71. The molecule has 3 rings (SSSR count). The molecule has 1 aliphatic heterocycles. The van der Waals surface area contributed by atoms with Gasteiger partial charge >= 0.3 is 0 Å². The smallest absolute Gasteiger partial charge is 0.200 e. The molecule has 1 unspecified atom stereocenters. The third-order valence-corrected chi connectivity index (χ3v) is 4.92. The maximum Gasteiger partial charge on any atom is 0.200 e. The number of hydrogen-bond donors (Lipinski definition) is 0. The van der Waals surface area contributed by atoms with Crippen LogP contribution in [0.1, 0.15) is 12.5 Å². The number of aliphatic imine (C=N–C) groups is 1. The monoisotopic (exact) mass is 310 g/mol. The van der Waals surface area contributed by atoms with E-state index in [-0.39, 0.29) is 0 Å². The molecule has 1 aliphatic rings. The second-order valence-corrected chi connectivity index (χ2v) is 6.46. The van der Waals surface area contributed by atoms with E-state index in [4.69, 9.17) is 0 Å². The molecular weight excluding hydrogens is 292 g/mol. The summed E-state index contributed by atoms with van der Waals surface area (Å²) in [5, 5.41) is 0.649. The lowest BCUT2D eigenvalue weighted by Gasteiger charge is -2.13. The summed E-state index contributed by atoms with van der Waals surface area (Å²) in [6.45, 7) is 3.52. The van der Waals surface area contributed by atoms with Crippen LogP contribution in [0.4, 0.5) is 5.69 Å². The van der Waals surface area contributed by atoms with Crippen LogP contribution in [0.3, 0.4) is 0 Å². The Morgan fingerprint density at radius 1 is 1.09 bits per heavy atom. The van der Waals surface area contributed by atoms with Crippen molar-refractivity contribution in [1.82, 2.24) is 4.90 Å². The van der Waals surface area contributed by atoms with E-state index < -0.39 is 10.8 Å². The summed E-state index contributed by atoms with van der Waals surface area (Å²) in [5.41, 5.74) is 1.91. The predicted molar refractivity (Wildman–Crippen MR) is 93.3 cm³/mol. The normalized spacial score (nSPS) is 21.7. The predicted octanol–water partition coefficient (Wildman–Crippen LogP) is 3.80. The van der Waals surface area contributed by atoms with Crippen LogP contribution in [0.2, 0.25) is 0 Å². The largest absolute Gasteiger partial charge is 0.344 e. The van der Waals surface area contributed by atoms with Crippen LogP contribution < -0.4 is 0 Å². The van der Waals surface area contributed by atoms with Crippen molar-refractivity contribution in [3.63, 3.8) is 0 Å². The van der Waals surface area contributed by atoms with Crippen molar-refractivity contribution >= 4 is 27.7 Å². The van der Waals surface area contributed by atoms with Crippen LogP contribution in [0.15, 0.2) is 70.6 Å². The average molecular weight is 310 g/mol. The zero-order chi connectivity index (χ0) is 15.4. The summed E-state index contributed by atoms with van der Waals surface area (Å²) in [4.78, 5) is 7.56. The molecule has 0 aromatic heterocycles. The zero-order valence-electron chi connectivity index (χ0n) is 12.5. The summed E-state index contributed by atoms with van der Waals surface area (Å²) in [7, 11) is -1.19. The molecule has 4 heteroatoms. The molecule has 1 fully saturated rings. The highest BCUT2D eigenvalue weighted by Crippen LogP contribution is 2.24. The number of para-hydroxylation sites is 1. The summed E-state index contributed by atoms with van der Waals surface area (Å²) in [5.74, 6) is 0. The first-order valence-electron chi connectivity index (χ1n) is 7.34. The Balaban J connectivity index is 1.94. The van der Waals surface area contributed by atoms with Gasteiger partial charge in [-0.05, 0) is 30.7 Å². The molecule has 0 aliphatic carbocycles. The van der Waals surface area contributed by atoms with Gasteiger partial charge < -0.3 is 4.90 Å². The molecule has 0 saturated carbocycles. The summed E-state index contributed by atoms with van der Waals surface area (Å²) >= 11 is 0. The Bertz CT molecular complexity index is 723. The van der Waals surface area contributed by atoms with Crippen molar-refractivity contribution in [2.75, 3.05) is 13.1 Å². The van der Waals surface area contributed by atoms with E-state index in [1.807, 2.05) is 66.7 Å². The number of rotatable bonds is 3. The van der Waals surface area contributed by atoms with Crippen LogP contribution >= 0.6 is 0 Å². The molecular formula is C18H18N2OS. The Morgan fingerprint density at radius 3 is 2.36 bits per heavy atom. The maximum absolute atomic E-state index is 12.8. The minimum absolute atomic E-state index is 0.649. The van der Waals surface area contributed by atoms with Crippen LogP contribution in [0, 0.1) is 0 Å². The van der Waals surface area contributed by atoms with E-state index in [9.17, 15) is 4.21 Å². The van der Waals surface area contributed by atoms with Crippen LogP contribution in [-0.4, -0.2) is 27.4 Å². The van der Waals surface area contributed by atoms with Crippen molar-refractivity contribution in [3.8, 4) is 0 Å². The fourth-order valence-electron chi connectivity index (χ4n) is 2.36. The highest BCUT2D eigenvalue weighted by Gasteiger charge is 2.29. The van der Waals surface area contributed by atoms with Gasteiger partial charge in [0.05, 0.1) is 12.2 Å². The van der Waals surface area contributed by atoms with Gasteiger partial charge in [-0.1, -0.05) is 48.5 Å². The molecule has 0 bridgehead atoms. The van der Waals surface area contributed by atoms with E-state index >= 15 is 0 Å². The highest BCUT2D eigenvalue weighted by atomic mass is 32.2. The topological polar surface area (TPSA) is 32.7 Å².